The monoisotopic (exact) mass is 438 g/mol. The summed E-state index contributed by atoms with van der Waals surface area (Å²) < 4.78 is 5.81. The van der Waals surface area contributed by atoms with E-state index in [1.165, 1.54) is 5.56 Å². The number of carbonyl (C=O) groups is 1. The number of anilines is 3. The molecule has 4 aromatic rings. The van der Waals surface area contributed by atoms with Crippen LogP contribution in [0.4, 0.5) is 17.2 Å². The predicted octanol–water partition coefficient (Wildman–Crippen LogP) is 5.10. The summed E-state index contributed by atoms with van der Waals surface area (Å²) >= 11 is 0. The molecule has 0 aliphatic rings. The predicted molar refractivity (Wildman–Crippen MR) is 133 cm³/mol. The van der Waals surface area contributed by atoms with E-state index in [1.807, 2.05) is 67.6 Å². The Labute approximate surface area is 193 Å². The molecular weight excluding hydrogens is 412 g/mol. The smallest absolute Gasteiger partial charge is 0.255 e. The maximum absolute atomic E-state index is 12.8. The van der Waals surface area contributed by atoms with E-state index in [1.54, 1.807) is 12.1 Å². The van der Waals surface area contributed by atoms with Crippen molar-refractivity contribution in [2.75, 3.05) is 23.4 Å². The van der Waals surface area contributed by atoms with Crippen LogP contribution in [0.2, 0.25) is 0 Å². The molecule has 0 aliphatic carbocycles. The van der Waals surface area contributed by atoms with Gasteiger partial charge in [-0.2, -0.15) is 0 Å². The zero-order valence-corrected chi connectivity index (χ0v) is 18.4. The Morgan fingerprint density at radius 3 is 2.45 bits per heavy atom. The second-order valence-electron chi connectivity index (χ2n) is 7.74. The van der Waals surface area contributed by atoms with Crippen molar-refractivity contribution >= 4 is 23.1 Å². The lowest BCUT2D eigenvalue weighted by Crippen LogP contribution is -2.12. The number of rotatable bonds is 7. The highest BCUT2D eigenvalue weighted by Gasteiger charge is 2.11. The van der Waals surface area contributed by atoms with Crippen molar-refractivity contribution in [1.29, 1.82) is 0 Å². The molecule has 166 valence electrons. The van der Waals surface area contributed by atoms with Gasteiger partial charge in [-0.3, -0.25) is 4.79 Å². The van der Waals surface area contributed by atoms with Gasteiger partial charge in [-0.05, 0) is 60.5 Å². The molecule has 0 spiro atoms. The number of hydrogen-bond acceptors (Lipinski definition) is 5. The third kappa shape index (κ3) is 5.49. The van der Waals surface area contributed by atoms with E-state index in [2.05, 4.69) is 22.4 Å². The number of nitrogens with zero attached hydrogens (tertiary/aromatic N) is 1. The molecule has 0 saturated carbocycles. The quantitative estimate of drug-likeness (QED) is 0.373. The summed E-state index contributed by atoms with van der Waals surface area (Å²) in [6.07, 6.45) is 0.838. The zero-order valence-electron chi connectivity index (χ0n) is 18.4. The van der Waals surface area contributed by atoms with Gasteiger partial charge in [0.05, 0.1) is 12.3 Å². The topological polar surface area (TPSA) is 103 Å². The van der Waals surface area contributed by atoms with Gasteiger partial charge in [0.25, 0.3) is 5.91 Å². The van der Waals surface area contributed by atoms with Crippen molar-refractivity contribution in [2.45, 2.75) is 13.3 Å². The highest BCUT2D eigenvalue weighted by atomic mass is 16.5. The Morgan fingerprint density at radius 2 is 1.70 bits per heavy atom. The summed E-state index contributed by atoms with van der Waals surface area (Å²) in [5.41, 5.74) is 17.0. The fraction of sp³-hybridized carbons (Fsp3) is 0.111. The normalized spacial score (nSPS) is 10.6. The Morgan fingerprint density at radius 1 is 0.939 bits per heavy atom. The minimum absolute atomic E-state index is 0.205. The first-order chi connectivity index (χ1) is 16.0. The molecule has 0 aliphatic heterocycles. The Bertz CT molecular complexity index is 1260. The van der Waals surface area contributed by atoms with Crippen LogP contribution in [0.3, 0.4) is 0 Å². The molecule has 0 saturated heterocycles. The van der Waals surface area contributed by atoms with Crippen LogP contribution in [-0.4, -0.2) is 17.5 Å². The maximum Gasteiger partial charge on any atom is 0.255 e. The highest BCUT2D eigenvalue weighted by Crippen LogP contribution is 2.28. The van der Waals surface area contributed by atoms with Crippen molar-refractivity contribution in [3.8, 4) is 16.9 Å². The van der Waals surface area contributed by atoms with E-state index >= 15 is 0 Å². The average molecular weight is 439 g/mol. The Hall–Kier alpha value is -4.32. The van der Waals surface area contributed by atoms with Crippen molar-refractivity contribution in [1.82, 2.24) is 4.98 Å². The second-order valence-corrected chi connectivity index (χ2v) is 7.74. The fourth-order valence-electron chi connectivity index (χ4n) is 3.53. The van der Waals surface area contributed by atoms with Crippen LogP contribution in [0, 0.1) is 6.92 Å². The molecule has 1 amide bonds. The molecule has 0 bridgehead atoms. The van der Waals surface area contributed by atoms with Gasteiger partial charge in [0.2, 0.25) is 0 Å². The standard InChI is InChI=1S/C27H26N4O2/c1-18-24(17-25(28)26(29)30-18)20-8-5-9-21(16-20)27(32)31-22-10-12-23(13-11-22)33-15-14-19-6-3-2-4-7-19/h2-13,16-17H,14-15,28H2,1H3,(H2,29,30)(H,31,32). The van der Waals surface area contributed by atoms with Gasteiger partial charge in [0, 0.05) is 28.9 Å². The van der Waals surface area contributed by atoms with Crippen molar-refractivity contribution in [2.24, 2.45) is 0 Å². The SMILES string of the molecule is Cc1nc(N)c(N)cc1-c1cccc(C(=O)Nc2ccc(OCCc3ccccc3)cc2)c1. The van der Waals surface area contributed by atoms with E-state index in [4.69, 9.17) is 16.2 Å². The summed E-state index contributed by atoms with van der Waals surface area (Å²) in [7, 11) is 0. The third-order valence-electron chi connectivity index (χ3n) is 5.32. The summed E-state index contributed by atoms with van der Waals surface area (Å²) in [4.78, 5) is 17.1. The molecule has 0 radical (unpaired) electrons. The van der Waals surface area contributed by atoms with Crippen LogP contribution >= 0.6 is 0 Å². The van der Waals surface area contributed by atoms with Gasteiger partial charge in [-0.15, -0.1) is 0 Å². The number of amides is 1. The number of nitrogens with one attached hydrogen (secondary N) is 1. The number of nitrogen functional groups attached to an aromatic ring is 2. The van der Waals surface area contributed by atoms with Crippen LogP contribution in [0.1, 0.15) is 21.6 Å². The first-order valence-electron chi connectivity index (χ1n) is 10.7. The largest absolute Gasteiger partial charge is 0.493 e. The first-order valence-corrected chi connectivity index (χ1v) is 10.7. The molecule has 0 unspecified atom stereocenters. The lowest BCUT2D eigenvalue weighted by molar-refractivity contribution is 0.102. The van der Waals surface area contributed by atoms with Crippen LogP contribution in [0.15, 0.2) is 84.9 Å². The van der Waals surface area contributed by atoms with Crippen LogP contribution < -0.4 is 21.5 Å². The first kappa shape index (κ1) is 21.9. The number of benzene rings is 3. The highest BCUT2D eigenvalue weighted by molar-refractivity contribution is 6.05. The number of hydrogen-bond donors (Lipinski definition) is 3. The summed E-state index contributed by atoms with van der Waals surface area (Å²) in [6, 6.07) is 26.7. The molecular formula is C27H26N4O2. The molecule has 6 nitrogen and oxygen atoms in total. The van der Waals surface area contributed by atoms with E-state index < -0.39 is 0 Å². The molecule has 6 heteroatoms. The Balaban J connectivity index is 1.39. The van der Waals surface area contributed by atoms with Crippen LogP contribution in [-0.2, 0) is 6.42 Å². The van der Waals surface area contributed by atoms with Gasteiger partial charge in [0.15, 0.2) is 0 Å². The summed E-state index contributed by atoms with van der Waals surface area (Å²) in [5.74, 6) is 0.858. The molecule has 0 atom stereocenters. The van der Waals surface area contributed by atoms with Gasteiger partial charge in [-0.25, -0.2) is 4.98 Å². The van der Waals surface area contributed by atoms with Crippen LogP contribution in [0.5, 0.6) is 5.75 Å². The molecule has 5 N–H and O–H groups in total. The lowest BCUT2D eigenvalue weighted by atomic mass is 10.0. The number of aryl methyl sites for hydroxylation is 1. The Kier molecular flexibility index (Phi) is 6.55. The van der Waals surface area contributed by atoms with E-state index in [0.29, 0.717) is 29.4 Å². The van der Waals surface area contributed by atoms with Crippen LogP contribution in [0.25, 0.3) is 11.1 Å². The van der Waals surface area contributed by atoms with Gasteiger partial charge < -0.3 is 21.5 Å². The molecule has 4 rings (SSSR count). The van der Waals surface area contributed by atoms with Crippen molar-refractivity contribution in [3.05, 3.63) is 102 Å². The fourth-order valence-corrected chi connectivity index (χ4v) is 3.53. The second kappa shape index (κ2) is 9.87. The zero-order chi connectivity index (χ0) is 23.2. The molecule has 33 heavy (non-hydrogen) atoms. The van der Waals surface area contributed by atoms with E-state index in [0.717, 1.165) is 29.0 Å². The van der Waals surface area contributed by atoms with Crippen molar-refractivity contribution < 1.29 is 9.53 Å². The maximum atomic E-state index is 12.8. The molecule has 3 aromatic carbocycles. The van der Waals surface area contributed by atoms with E-state index in [-0.39, 0.29) is 5.91 Å². The number of nitrogens with two attached hydrogens (primary N) is 2. The lowest BCUT2D eigenvalue weighted by Gasteiger charge is -2.11. The summed E-state index contributed by atoms with van der Waals surface area (Å²) in [6.45, 7) is 2.45. The third-order valence-corrected chi connectivity index (χ3v) is 5.32. The minimum Gasteiger partial charge on any atom is -0.493 e. The molecule has 1 heterocycles. The van der Waals surface area contributed by atoms with Gasteiger partial charge in [0.1, 0.15) is 11.6 Å². The van der Waals surface area contributed by atoms with Gasteiger partial charge >= 0.3 is 0 Å². The number of aromatic nitrogens is 1. The van der Waals surface area contributed by atoms with Gasteiger partial charge in [-0.1, -0.05) is 42.5 Å². The van der Waals surface area contributed by atoms with Crippen molar-refractivity contribution in [3.63, 3.8) is 0 Å². The minimum atomic E-state index is -0.205. The number of ether oxygens (including phenoxy) is 1. The molecule has 1 aromatic heterocycles. The average Bonchev–Trinajstić information content (AvgIpc) is 2.83. The van der Waals surface area contributed by atoms with E-state index in [9.17, 15) is 4.79 Å². The summed E-state index contributed by atoms with van der Waals surface area (Å²) in [5, 5.41) is 2.93. The number of carbonyl (C=O) groups excluding carboxylic acids is 1. The molecule has 0 fully saturated rings. The number of pyridine rings is 1.